The highest BCUT2D eigenvalue weighted by molar-refractivity contribution is 7.89. The van der Waals surface area contributed by atoms with Gasteiger partial charge in [-0.25, -0.2) is 13.1 Å². The fourth-order valence-electron chi connectivity index (χ4n) is 2.97. The summed E-state index contributed by atoms with van der Waals surface area (Å²) >= 11 is 6.16. The molecule has 0 spiro atoms. The molecule has 1 fully saturated rings. The average molecular weight is 417 g/mol. The Balaban J connectivity index is 1.91. The molecule has 0 heterocycles. The summed E-state index contributed by atoms with van der Waals surface area (Å²) in [6, 6.07) is 4.27. The second-order valence-electron chi connectivity index (χ2n) is 7.37. The van der Waals surface area contributed by atoms with Crippen LogP contribution in [-0.4, -0.2) is 33.5 Å². The number of hydrogen-bond donors (Lipinski definition) is 2. The zero-order valence-corrected chi connectivity index (χ0v) is 17.5. The van der Waals surface area contributed by atoms with Crippen molar-refractivity contribution < 1.29 is 17.9 Å². The average Bonchev–Trinajstić information content (AvgIpc) is 2.60. The molecule has 0 atom stereocenters. The van der Waals surface area contributed by atoms with Crippen LogP contribution >= 0.6 is 11.6 Å². The van der Waals surface area contributed by atoms with Gasteiger partial charge in [0.15, 0.2) is 6.61 Å². The summed E-state index contributed by atoms with van der Waals surface area (Å²) in [5, 5.41) is 2.94. The lowest BCUT2D eigenvalue weighted by atomic mass is 9.96. The van der Waals surface area contributed by atoms with Gasteiger partial charge in [-0.3, -0.25) is 4.79 Å². The fourth-order valence-corrected chi connectivity index (χ4v) is 4.60. The molecule has 1 aromatic carbocycles. The lowest BCUT2D eigenvalue weighted by Crippen LogP contribution is -2.36. The lowest BCUT2D eigenvalue weighted by molar-refractivity contribution is -0.123. The van der Waals surface area contributed by atoms with Crippen LogP contribution in [0, 0.1) is 5.92 Å². The summed E-state index contributed by atoms with van der Waals surface area (Å²) in [6.07, 6.45) is 5.86. The largest absolute Gasteiger partial charge is 0.482 e. The molecule has 1 amide bonds. The van der Waals surface area contributed by atoms with E-state index in [2.05, 4.69) is 23.9 Å². The highest BCUT2D eigenvalue weighted by atomic mass is 35.5. The van der Waals surface area contributed by atoms with E-state index < -0.39 is 10.0 Å². The summed E-state index contributed by atoms with van der Waals surface area (Å²) in [7, 11) is -3.62. The van der Waals surface area contributed by atoms with Crippen LogP contribution in [0.4, 0.5) is 0 Å². The van der Waals surface area contributed by atoms with E-state index in [1.54, 1.807) is 0 Å². The molecule has 0 radical (unpaired) electrons. The third-order valence-corrected chi connectivity index (χ3v) is 6.36. The van der Waals surface area contributed by atoms with Gasteiger partial charge >= 0.3 is 0 Å². The van der Waals surface area contributed by atoms with Crippen LogP contribution in [0.5, 0.6) is 5.75 Å². The molecule has 0 aliphatic heterocycles. The van der Waals surface area contributed by atoms with Crippen molar-refractivity contribution in [2.75, 3.05) is 13.2 Å². The first-order chi connectivity index (χ1) is 12.8. The van der Waals surface area contributed by atoms with Crippen molar-refractivity contribution in [3.05, 3.63) is 23.2 Å². The summed E-state index contributed by atoms with van der Waals surface area (Å²) in [6.45, 7) is 4.60. The maximum Gasteiger partial charge on any atom is 0.257 e. The van der Waals surface area contributed by atoms with Crippen molar-refractivity contribution >= 4 is 27.5 Å². The first-order valence-electron chi connectivity index (χ1n) is 9.49. The molecule has 27 heavy (non-hydrogen) atoms. The van der Waals surface area contributed by atoms with Crippen molar-refractivity contribution in [3.63, 3.8) is 0 Å². The molecule has 0 aromatic heterocycles. The Morgan fingerprint density at radius 1 is 1.26 bits per heavy atom. The van der Waals surface area contributed by atoms with E-state index in [1.165, 1.54) is 18.2 Å². The second kappa shape index (κ2) is 10.3. The van der Waals surface area contributed by atoms with Crippen LogP contribution in [0.3, 0.4) is 0 Å². The number of nitrogens with one attached hydrogen (secondary N) is 2. The maximum absolute atomic E-state index is 12.5. The third kappa shape index (κ3) is 7.31. The van der Waals surface area contributed by atoms with Crippen molar-refractivity contribution in [2.45, 2.75) is 63.3 Å². The Kier molecular flexibility index (Phi) is 8.38. The standard InChI is InChI=1S/C19H29ClN2O4S/c1-14(2)10-11-21-19(23)13-26-18-9-8-16(12-17(18)20)27(24,25)22-15-6-4-3-5-7-15/h8-9,12,14-15,22H,3-7,10-11,13H2,1-2H3,(H,21,23). The molecular weight excluding hydrogens is 388 g/mol. The lowest BCUT2D eigenvalue weighted by Gasteiger charge is -2.22. The minimum Gasteiger partial charge on any atom is -0.482 e. The molecule has 0 unspecified atom stereocenters. The van der Waals surface area contributed by atoms with Gasteiger partial charge in [0.2, 0.25) is 10.0 Å². The molecule has 0 saturated heterocycles. The summed E-state index contributed by atoms with van der Waals surface area (Å²) in [5.41, 5.74) is 0. The Hall–Kier alpha value is -1.31. The Bertz CT molecular complexity index is 731. The monoisotopic (exact) mass is 416 g/mol. The van der Waals surface area contributed by atoms with Gasteiger partial charge in [-0.2, -0.15) is 0 Å². The fraction of sp³-hybridized carbons (Fsp3) is 0.632. The van der Waals surface area contributed by atoms with Gasteiger partial charge in [-0.15, -0.1) is 0 Å². The van der Waals surface area contributed by atoms with E-state index in [-0.39, 0.29) is 34.2 Å². The van der Waals surface area contributed by atoms with Gasteiger partial charge in [-0.1, -0.05) is 44.7 Å². The predicted octanol–water partition coefficient (Wildman–Crippen LogP) is 3.49. The smallest absolute Gasteiger partial charge is 0.257 e. The number of hydrogen-bond acceptors (Lipinski definition) is 4. The molecule has 1 aliphatic rings. The highest BCUT2D eigenvalue weighted by Gasteiger charge is 2.22. The maximum atomic E-state index is 12.5. The Morgan fingerprint density at radius 2 is 1.96 bits per heavy atom. The molecule has 0 bridgehead atoms. The minimum absolute atomic E-state index is 0.0204. The van der Waals surface area contributed by atoms with Crippen molar-refractivity contribution in [3.8, 4) is 5.75 Å². The number of carbonyl (C=O) groups excluding carboxylic acids is 1. The Labute approximate surface area is 167 Å². The summed E-state index contributed by atoms with van der Waals surface area (Å²) in [4.78, 5) is 11.9. The van der Waals surface area contributed by atoms with Crippen LogP contribution in [0.2, 0.25) is 5.02 Å². The molecule has 2 N–H and O–H groups in total. The van der Waals surface area contributed by atoms with E-state index in [9.17, 15) is 13.2 Å². The number of carbonyl (C=O) groups is 1. The van der Waals surface area contributed by atoms with E-state index in [0.717, 1.165) is 38.5 Å². The van der Waals surface area contributed by atoms with E-state index in [1.807, 2.05) is 0 Å². The number of benzene rings is 1. The first kappa shape index (κ1) is 22.0. The molecule has 2 rings (SSSR count). The van der Waals surface area contributed by atoms with E-state index >= 15 is 0 Å². The normalized spacial score (nSPS) is 15.7. The van der Waals surface area contributed by atoms with Crippen LogP contribution in [0.1, 0.15) is 52.4 Å². The number of halogens is 1. The van der Waals surface area contributed by atoms with Crippen LogP contribution in [0.25, 0.3) is 0 Å². The van der Waals surface area contributed by atoms with Crippen LogP contribution in [0.15, 0.2) is 23.1 Å². The topological polar surface area (TPSA) is 84.5 Å². The van der Waals surface area contributed by atoms with Gasteiger partial charge in [0.1, 0.15) is 5.75 Å². The van der Waals surface area contributed by atoms with Gasteiger partial charge in [-0.05, 0) is 43.4 Å². The van der Waals surface area contributed by atoms with Crippen LogP contribution in [-0.2, 0) is 14.8 Å². The van der Waals surface area contributed by atoms with Gasteiger partial charge < -0.3 is 10.1 Å². The zero-order chi connectivity index (χ0) is 19.9. The van der Waals surface area contributed by atoms with Crippen molar-refractivity contribution in [1.29, 1.82) is 0 Å². The summed E-state index contributed by atoms with van der Waals surface area (Å²) in [5.74, 6) is 0.562. The number of ether oxygens (including phenoxy) is 1. The molecule has 6 nitrogen and oxygen atoms in total. The first-order valence-corrected chi connectivity index (χ1v) is 11.4. The molecular formula is C19H29ClN2O4S. The van der Waals surface area contributed by atoms with E-state index in [0.29, 0.717) is 12.5 Å². The summed E-state index contributed by atoms with van der Waals surface area (Å²) < 4.78 is 33.2. The van der Waals surface area contributed by atoms with Crippen molar-refractivity contribution in [1.82, 2.24) is 10.0 Å². The molecule has 1 saturated carbocycles. The number of sulfonamides is 1. The van der Waals surface area contributed by atoms with E-state index in [4.69, 9.17) is 16.3 Å². The zero-order valence-electron chi connectivity index (χ0n) is 16.0. The van der Waals surface area contributed by atoms with Gasteiger partial charge in [0.05, 0.1) is 9.92 Å². The van der Waals surface area contributed by atoms with Crippen molar-refractivity contribution in [2.24, 2.45) is 5.92 Å². The van der Waals surface area contributed by atoms with Crippen LogP contribution < -0.4 is 14.8 Å². The minimum atomic E-state index is -3.62. The third-order valence-electron chi connectivity index (χ3n) is 4.54. The number of rotatable bonds is 9. The highest BCUT2D eigenvalue weighted by Crippen LogP contribution is 2.28. The SMILES string of the molecule is CC(C)CCNC(=O)COc1ccc(S(=O)(=O)NC2CCCCC2)cc1Cl. The Morgan fingerprint density at radius 3 is 2.59 bits per heavy atom. The molecule has 1 aliphatic carbocycles. The molecule has 1 aromatic rings. The number of amides is 1. The quantitative estimate of drug-likeness (QED) is 0.645. The van der Waals surface area contributed by atoms with Gasteiger partial charge in [0.25, 0.3) is 5.91 Å². The second-order valence-corrected chi connectivity index (χ2v) is 9.49. The predicted molar refractivity (Wildman–Crippen MR) is 107 cm³/mol. The van der Waals surface area contributed by atoms with Gasteiger partial charge in [0, 0.05) is 12.6 Å². The molecule has 152 valence electrons. The molecule has 8 heteroatoms.